The van der Waals surface area contributed by atoms with Crippen molar-refractivity contribution in [2.75, 3.05) is 6.61 Å². The van der Waals surface area contributed by atoms with E-state index >= 15 is 0 Å². The van der Waals surface area contributed by atoms with Crippen LogP contribution in [0.3, 0.4) is 0 Å². The van der Waals surface area contributed by atoms with Crippen molar-refractivity contribution in [2.45, 2.75) is 38.9 Å². The van der Waals surface area contributed by atoms with E-state index in [0.717, 1.165) is 34.8 Å². The first-order valence-corrected chi connectivity index (χ1v) is 9.13. The summed E-state index contributed by atoms with van der Waals surface area (Å²) in [6, 6.07) is 20.4. The molecule has 0 saturated carbocycles. The van der Waals surface area contributed by atoms with Crippen LogP contribution in [0.2, 0.25) is 0 Å². The molecule has 3 aromatic rings. The van der Waals surface area contributed by atoms with E-state index in [4.69, 9.17) is 14.6 Å². The SMILES string of the molecule is CCOC1CC(C)(C)c2c(-c3ccccc3)nn(-c3ccccc3)c2O1. The first kappa shape index (κ1) is 16.9. The molecule has 4 rings (SSSR count). The predicted octanol–water partition coefficient (Wildman–Crippen LogP) is 4.96. The molecule has 26 heavy (non-hydrogen) atoms. The summed E-state index contributed by atoms with van der Waals surface area (Å²) in [4.78, 5) is 0. The maximum absolute atomic E-state index is 6.27. The van der Waals surface area contributed by atoms with Gasteiger partial charge in [0.25, 0.3) is 0 Å². The first-order valence-electron chi connectivity index (χ1n) is 9.13. The number of hydrogen-bond donors (Lipinski definition) is 0. The van der Waals surface area contributed by atoms with Gasteiger partial charge >= 0.3 is 0 Å². The van der Waals surface area contributed by atoms with Crippen molar-refractivity contribution in [3.05, 3.63) is 66.2 Å². The molecule has 0 radical (unpaired) electrons. The molecular formula is C22H24N2O2. The van der Waals surface area contributed by atoms with Gasteiger partial charge in [-0.1, -0.05) is 62.4 Å². The Kier molecular flexibility index (Phi) is 4.29. The molecule has 0 saturated heterocycles. The Bertz CT molecular complexity index is 885. The highest BCUT2D eigenvalue weighted by atomic mass is 16.7. The molecule has 1 aliphatic rings. The van der Waals surface area contributed by atoms with E-state index in [1.54, 1.807) is 0 Å². The zero-order chi connectivity index (χ0) is 18.1. The van der Waals surface area contributed by atoms with Gasteiger partial charge in [0.1, 0.15) is 5.69 Å². The summed E-state index contributed by atoms with van der Waals surface area (Å²) in [5.41, 5.74) is 4.10. The fourth-order valence-corrected chi connectivity index (χ4v) is 3.63. The maximum Gasteiger partial charge on any atom is 0.223 e. The molecule has 1 atom stereocenters. The fourth-order valence-electron chi connectivity index (χ4n) is 3.63. The predicted molar refractivity (Wildman–Crippen MR) is 103 cm³/mol. The lowest BCUT2D eigenvalue weighted by Crippen LogP contribution is -2.36. The molecule has 0 N–H and O–H groups in total. The van der Waals surface area contributed by atoms with Crippen molar-refractivity contribution in [2.24, 2.45) is 0 Å². The van der Waals surface area contributed by atoms with Crippen LogP contribution in [0.4, 0.5) is 0 Å². The smallest absolute Gasteiger partial charge is 0.223 e. The minimum atomic E-state index is -0.259. The van der Waals surface area contributed by atoms with E-state index in [-0.39, 0.29) is 11.7 Å². The summed E-state index contributed by atoms with van der Waals surface area (Å²) < 4.78 is 14.0. The van der Waals surface area contributed by atoms with Crippen molar-refractivity contribution < 1.29 is 9.47 Å². The van der Waals surface area contributed by atoms with E-state index in [0.29, 0.717) is 6.61 Å². The quantitative estimate of drug-likeness (QED) is 0.668. The Morgan fingerprint density at radius 2 is 1.73 bits per heavy atom. The van der Waals surface area contributed by atoms with Gasteiger partial charge in [-0.25, -0.2) is 4.68 Å². The van der Waals surface area contributed by atoms with Gasteiger partial charge in [-0.2, -0.15) is 5.10 Å². The number of benzene rings is 2. The third-order valence-corrected chi connectivity index (χ3v) is 4.84. The first-order chi connectivity index (χ1) is 12.6. The van der Waals surface area contributed by atoms with Crippen molar-refractivity contribution in [1.29, 1.82) is 0 Å². The molecular weight excluding hydrogens is 324 g/mol. The zero-order valence-corrected chi connectivity index (χ0v) is 15.5. The van der Waals surface area contributed by atoms with Gasteiger partial charge in [-0.15, -0.1) is 0 Å². The molecule has 0 spiro atoms. The minimum absolute atomic E-state index is 0.106. The van der Waals surface area contributed by atoms with E-state index in [9.17, 15) is 0 Å². The van der Waals surface area contributed by atoms with Crippen LogP contribution < -0.4 is 4.74 Å². The molecule has 0 bridgehead atoms. The summed E-state index contributed by atoms with van der Waals surface area (Å²) >= 11 is 0. The molecule has 134 valence electrons. The highest BCUT2D eigenvalue weighted by Crippen LogP contribution is 2.47. The standard InChI is InChI=1S/C22H24N2O2/c1-4-25-18-15-22(2,3)19-20(16-11-7-5-8-12-16)23-24(21(19)26-18)17-13-9-6-10-14-17/h5-14,18H,4,15H2,1-3H3. The number of fused-ring (bicyclic) bond motifs is 1. The minimum Gasteiger partial charge on any atom is -0.447 e. The van der Waals surface area contributed by atoms with Crippen LogP contribution in [0.15, 0.2) is 60.7 Å². The van der Waals surface area contributed by atoms with Gasteiger partial charge in [-0.3, -0.25) is 0 Å². The number of nitrogens with zero attached hydrogens (tertiary/aromatic N) is 2. The molecule has 2 aromatic carbocycles. The van der Waals surface area contributed by atoms with Gasteiger partial charge in [0.2, 0.25) is 12.2 Å². The second-order valence-electron chi connectivity index (χ2n) is 7.23. The normalized spacial score (nSPS) is 18.2. The largest absolute Gasteiger partial charge is 0.447 e. The van der Waals surface area contributed by atoms with Gasteiger partial charge in [0.15, 0.2) is 0 Å². The van der Waals surface area contributed by atoms with Crippen LogP contribution in [0.5, 0.6) is 5.88 Å². The Morgan fingerprint density at radius 3 is 2.38 bits per heavy atom. The van der Waals surface area contributed by atoms with Crippen LogP contribution in [0, 0.1) is 0 Å². The highest BCUT2D eigenvalue weighted by Gasteiger charge is 2.41. The third-order valence-electron chi connectivity index (χ3n) is 4.84. The second kappa shape index (κ2) is 6.61. The van der Waals surface area contributed by atoms with Crippen molar-refractivity contribution in [3.63, 3.8) is 0 Å². The third kappa shape index (κ3) is 2.90. The highest BCUT2D eigenvalue weighted by molar-refractivity contribution is 5.68. The second-order valence-corrected chi connectivity index (χ2v) is 7.23. The summed E-state index contributed by atoms with van der Waals surface area (Å²) in [5.74, 6) is 0.782. The van der Waals surface area contributed by atoms with Gasteiger partial charge < -0.3 is 9.47 Å². The Labute approximate surface area is 154 Å². The van der Waals surface area contributed by atoms with E-state index in [1.165, 1.54) is 0 Å². The fraction of sp³-hybridized carbons (Fsp3) is 0.318. The molecule has 1 aromatic heterocycles. The van der Waals surface area contributed by atoms with Crippen LogP contribution >= 0.6 is 0 Å². The number of ether oxygens (including phenoxy) is 2. The summed E-state index contributed by atoms with van der Waals surface area (Å²) in [6.07, 6.45) is 0.541. The Morgan fingerprint density at radius 1 is 1.08 bits per heavy atom. The topological polar surface area (TPSA) is 36.3 Å². The maximum atomic E-state index is 6.27. The average Bonchev–Trinajstić information content (AvgIpc) is 3.04. The van der Waals surface area contributed by atoms with Crippen molar-refractivity contribution >= 4 is 0 Å². The molecule has 0 fully saturated rings. The van der Waals surface area contributed by atoms with Gasteiger partial charge in [0.05, 0.1) is 5.69 Å². The van der Waals surface area contributed by atoms with Gasteiger partial charge in [0, 0.05) is 29.6 Å². The summed E-state index contributed by atoms with van der Waals surface area (Å²) in [5, 5.41) is 4.96. The van der Waals surface area contributed by atoms with Crippen LogP contribution in [0.1, 0.15) is 32.8 Å². The monoisotopic (exact) mass is 348 g/mol. The molecule has 1 aliphatic heterocycles. The lowest BCUT2D eigenvalue weighted by atomic mass is 9.78. The molecule has 4 heteroatoms. The molecule has 0 amide bonds. The van der Waals surface area contributed by atoms with E-state index in [2.05, 4.69) is 26.0 Å². The number of aromatic nitrogens is 2. The van der Waals surface area contributed by atoms with Crippen LogP contribution in [-0.2, 0) is 10.2 Å². The van der Waals surface area contributed by atoms with Crippen LogP contribution in [0.25, 0.3) is 16.9 Å². The van der Waals surface area contributed by atoms with E-state index < -0.39 is 0 Å². The lowest BCUT2D eigenvalue weighted by molar-refractivity contribution is -0.103. The molecule has 0 aliphatic carbocycles. The molecule has 4 nitrogen and oxygen atoms in total. The van der Waals surface area contributed by atoms with E-state index in [1.807, 2.05) is 60.1 Å². The van der Waals surface area contributed by atoms with Gasteiger partial charge in [-0.05, 0) is 19.1 Å². The lowest BCUT2D eigenvalue weighted by Gasteiger charge is -2.35. The Hall–Kier alpha value is -2.59. The number of hydrogen-bond acceptors (Lipinski definition) is 3. The molecule has 2 heterocycles. The summed E-state index contributed by atoms with van der Waals surface area (Å²) in [6.45, 7) is 7.10. The summed E-state index contributed by atoms with van der Waals surface area (Å²) in [7, 11) is 0. The zero-order valence-electron chi connectivity index (χ0n) is 15.5. The van der Waals surface area contributed by atoms with Crippen LogP contribution in [-0.4, -0.2) is 22.7 Å². The number of rotatable bonds is 4. The van der Waals surface area contributed by atoms with Crippen molar-refractivity contribution in [3.8, 4) is 22.8 Å². The number of para-hydroxylation sites is 1. The Balaban J connectivity index is 1.94. The average molecular weight is 348 g/mol. The van der Waals surface area contributed by atoms with Crippen molar-refractivity contribution in [1.82, 2.24) is 9.78 Å². The molecule has 1 unspecified atom stereocenters.